The van der Waals surface area contributed by atoms with Gasteiger partial charge in [0.05, 0.1) is 0 Å². The molecule has 0 radical (unpaired) electrons. The molecule has 1 heteroatoms. The molecule has 0 N–H and O–H groups in total. The van der Waals surface area contributed by atoms with Gasteiger partial charge < -0.3 is 0 Å². The number of unbranched alkanes of at least 4 members (excludes halogenated alkanes) is 20. The van der Waals surface area contributed by atoms with E-state index >= 15 is 0 Å². The predicted molar refractivity (Wildman–Crippen MR) is 128 cm³/mol. The normalized spacial score (nSPS) is 11.3. The van der Waals surface area contributed by atoms with Crippen LogP contribution in [0.15, 0.2) is 0 Å². The van der Waals surface area contributed by atoms with Crippen LogP contribution >= 0.6 is 0 Å². The molecule has 0 spiro atoms. The van der Waals surface area contributed by atoms with E-state index in [2.05, 4.69) is 13.8 Å². The zero-order valence-electron chi connectivity index (χ0n) is 19.4. The summed E-state index contributed by atoms with van der Waals surface area (Å²) in [5.74, 6) is 0. The maximum atomic E-state index is 2.31. The van der Waals surface area contributed by atoms with Crippen LogP contribution in [0.1, 0.15) is 155 Å². The third-order valence-electron chi connectivity index (χ3n) is 5.78. The summed E-state index contributed by atoms with van der Waals surface area (Å²) in [4.78, 5) is 0. The van der Waals surface area contributed by atoms with Gasteiger partial charge in [0.15, 0.2) is 0 Å². The van der Waals surface area contributed by atoms with Crippen LogP contribution in [0.4, 0.5) is 0 Å². The maximum absolute atomic E-state index is 2.31. The van der Waals surface area contributed by atoms with Gasteiger partial charge in [-0.05, 0) is 0 Å². The van der Waals surface area contributed by atoms with Crippen molar-refractivity contribution in [3.63, 3.8) is 0 Å². The van der Waals surface area contributed by atoms with E-state index in [1.165, 1.54) is 128 Å². The molecule has 0 amide bonds. The molecule has 0 aromatic carbocycles. The molecule has 0 aromatic rings. The Morgan fingerprint density at radius 3 is 0.778 bits per heavy atom. The zero-order valence-corrected chi connectivity index (χ0v) is 21.7. The summed E-state index contributed by atoms with van der Waals surface area (Å²) in [6, 6.07) is 0. The van der Waals surface area contributed by atoms with E-state index < -0.39 is 0 Å². The van der Waals surface area contributed by atoms with Crippen molar-refractivity contribution in [2.75, 3.05) is 0 Å². The molecule has 0 aromatic heterocycles. The Morgan fingerprint density at radius 1 is 0.296 bits per heavy atom. The second kappa shape index (κ2) is 26.8. The van der Waals surface area contributed by atoms with Crippen molar-refractivity contribution in [2.45, 2.75) is 164 Å². The van der Waals surface area contributed by atoms with Crippen LogP contribution in [-0.4, -0.2) is 20.9 Å². The number of rotatable bonds is 24. The fraction of sp³-hybridized carbons (Fsp3) is 1.00. The zero-order chi connectivity index (χ0) is 19.7. The fourth-order valence-electron chi connectivity index (χ4n) is 3.84. The average molecular weight is 494 g/mol. The number of hydrogen-bond acceptors (Lipinski definition) is 0. The Kier molecular flexibility index (Phi) is 27.6. The topological polar surface area (TPSA) is 0 Å². The summed E-state index contributed by atoms with van der Waals surface area (Å²) in [5.41, 5.74) is 0. The Bertz CT molecular complexity index is 214. The second-order valence-corrected chi connectivity index (χ2v) is 12.2. The first-order chi connectivity index (χ1) is 13.4. The summed E-state index contributed by atoms with van der Waals surface area (Å²) in [6.45, 7) is 4.61. The molecule has 0 aliphatic carbocycles. The molecule has 0 fully saturated rings. The molecule has 0 aliphatic heterocycles. The quantitative estimate of drug-likeness (QED) is 0.0925. The van der Waals surface area contributed by atoms with Crippen LogP contribution in [0.5, 0.6) is 0 Å². The van der Waals surface area contributed by atoms with Gasteiger partial charge in [-0.25, -0.2) is 0 Å². The van der Waals surface area contributed by atoms with Crippen LogP contribution < -0.4 is 0 Å². The standard InChI is InChI=1S/C26H54Te/c1-3-5-7-9-11-13-15-17-19-21-23-25-27-26-24-22-20-18-16-14-12-10-8-6-4-2/h3-26H2,1-2H3. The van der Waals surface area contributed by atoms with Gasteiger partial charge >= 0.3 is 171 Å². The molecule has 27 heavy (non-hydrogen) atoms. The van der Waals surface area contributed by atoms with E-state index in [1.54, 1.807) is 21.8 Å². The first-order valence-corrected chi connectivity index (χ1v) is 16.3. The van der Waals surface area contributed by atoms with Gasteiger partial charge in [0.2, 0.25) is 0 Å². The van der Waals surface area contributed by atoms with Crippen molar-refractivity contribution in [3.05, 3.63) is 0 Å². The van der Waals surface area contributed by atoms with Crippen molar-refractivity contribution in [1.29, 1.82) is 0 Å². The molecule has 0 bridgehead atoms. The first kappa shape index (κ1) is 27.8. The van der Waals surface area contributed by atoms with Gasteiger partial charge in [0, 0.05) is 0 Å². The summed E-state index contributed by atoms with van der Waals surface area (Å²) in [5, 5.41) is 0. The monoisotopic (exact) mass is 496 g/mol. The summed E-state index contributed by atoms with van der Waals surface area (Å²) < 4.78 is 3.25. The molecule has 0 nitrogen and oxygen atoms in total. The van der Waals surface area contributed by atoms with E-state index in [4.69, 9.17) is 0 Å². The second-order valence-electron chi connectivity index (χ2n) is 8.68. The third kappa shape index (κ3) is 26.8. The van der Waals surface area contributed by atoms with E-state index in [9.17, 15) is 0 Å². The average Bonchev–Trinajstić information content (AvgIpc) is 2.68. The summed E-state index contributed by atoms with van der Waals surface area (Å²) in [6.07, 6.45) is 32.7. The summed E-state index contributed by atoms with van der Waals surface area (Å²) in [7, 11) is 0. The van der Waals surface area contributed by atoms with Crippen LogP contribution in [-0.2, 0) is 0 Å². The molecule has 0 saturated heterocycles. The predicted octanol–water partition coefficient (Wildman–Crippen LogP) is 10.1. The Hall–Kier alpha value is 0.790. The molecular weight excluding hydrogens is 440 g/mol. The fourth-order valence-corrected chi connectivity index (χ4v) is 6.75. The van der Waals surface area contributed by atoms with Gasteiger partial charge in [-0.1, -0.05) is 13.8 Å². The molecule has 0 unspecified atom stereocenters. The Morgan fingerprint density at radius 2 is 0.519 bits per heavy atom. The molecule has 0 heterocycles. The number of hydrogen-bond donors (Lipinski definition) is 0. The minimum atomic E-state index is 0.376. The smallest absolute Gasteiger partial charge is 0.0654 e. The van der Waals surface area contributed by atoms with Crippen LogP contribution in [0.3, 0.4) is 0 Å². The van der Waals surface area contributed by atoms with Crippen LogP contribution in [0, 0.1) is 0 Å². The first-order valence-electron chi connectivity index (χ1n) is 13.0. The van der Waals surface area contributed by atoms with Gasteiger partial charge in [0.1, 0.15) is 0 Å². The van der Waals surface area contributed by atoms with E-state index in [0.29, 0.717) is 20.9 Å². The van der Waals surface area contributed by atoms with Crippen molar-refractivity contribution in [3.8, 4) is 0 Å². The molecule has 0 rings (SSSR count). The molecule has 0 aliphatic rings. The van der Waals surface area contributed by atoms with Gasteiger partial charge in [-0.15, -0.1) is 0 Å². The van der Waals surface area contributed by atoms with Crippen LogP contribution in [0.2, 0.25) is 8.94 Å². The van der Waals surface area contributed by atoms with Crippen molar-refractivity contribution in [2.24, 2.45) is 0 Å². The minimum absolute atomic E-state index is 0.376. The molecule has 164 valence electrons. The molecule has 0 saturated carbocycles. The van der Waals surface area contributed by atoms with Crippen molar-refractivity contribution < 1.29 is 0 Å². The van der Waals surface area contributed by atoms with E-state index in [-0.39, 0.29) is 0 Å². The summed E-state index contributed by atoms with van der Waals surface area (Å²) >= 11 is 0.376. The van der Waals surface area contributed by atoms with E-state index in [0.717, 1.165) is 0 Å². The van der Waals surface area contributed by atoms with Crippen molar-refractivity contribution in [1.82, 2.24) is 0 Å². The molecule has 0 atom stereocenters. The Balaban J connectivity index is 2.95. The van der Waals surface area contributed by atoms with Gasteiger partial charge in [-0.3, -0.25) is 0 Å². The Labute approximate surface area is 184 Å². The SMILES string of the molecule is CCCCCCCCCCCCC[Te]CCCCCCCCCCCCC. The van der Waals surface area contributed by atoms with E-state index in [1.807, 2.05) is 0 Å². The molecular formula is C26H54Te. The van der Waals surface area contributed by atoms with Gasteiger partial charge in [-0.2, -0.15) is 0 Å². The van der Waals surface area contributed by atoms with Gasteiger partial charge in [0.25, 0.3) is 0 Å². The van der Waals surface area contributed by atoms with Crippen molar-refractivity contribution >= 4 is 20.9 Å². The third-order valence-corrected chi connectivity index (χ3v) is 9.08. The van der Waals surface area contributed by atoms with Crippen LogP contribution in [0.25, 0.3) is 0 Å². The minimum Gasteiger partial charge on any atom is -0.0654 e.